The van der Waals surface area contributed by atoms with Crippen molar-refractivity contribution >= 4 is 11.4 Å². The van der Waals surface area contributed by atoms with E-state index >= 15 is 0 Å². The van der Waals surface area contributed by atoms with Crippen LogP contribution in [0.5, 0.6) is 11.5 Å². The molecule has 23 heavy (non-hydrogen) atoms. The third-order valence-corrected chi connectivity index (χ3v) is 4.03. The van der Waals surface area contributed by atoms with E-state index in [1.165, 1.54) is 26.4 Å². The number of ether oxygens (including phenoxy) is 2. The van der Waals surface area contributed by atoms with Gasteiger partial charge >= 0.3 is 0 Å². The molecule has 1 aliphatic heterocycles. The maximum atomic E-state index is 11.9. The smallest absolute Gasteiger partial charge is 0.278 e. The highest BCUT2D eigenvalue weighted by atomic mass is 16.9. The van der Waals surface area contributed by atoms with E-state index in [-0.39, 0.29) is 17.0 Å². The summed E-state index contributed by atoms with van der Waals surface area (Å²) in [6.45, 7) is 0. The molecule has 1 aromatic rings. The van der Waals surface area contributed by atoms with Crippen LogP contribution in [0.1, 0.15) is 30.9 Å². The van der Waals surface area contributed by atoms with Gasteiger partial charge in [-0.05, 0) is 18.9 Å². The van der Waals surface area contributed by atoms with Crippen LogP contribution in [0.2, 0.25) is 0 Å². The van der Waals surface area contributed by atoms with Crippen molar-refractivity contribution in [3.05, 3.63) is 44.7 Å². The molecule has 3 rings (SSSR count). The Kier molecular flexibility index (Phi) is 3.81. The normalized spacial score (nSPS) is 19.7. The van der Waals surface area contributed by atoms with Crippen molar-refractivity contribution in [3.63, 3.8) is 0 Å². The number of benzene rings is 1. The van der Waals surface area contributed by atoms with Gasteiger partial charge in [0, 0.05) is 16.9 Å². The number of rotatable bonds is 4. The lowest BCUT2D eigenvalue weighted by molar-refractivity contribution is -0.743. The molecule has 0 saturated heterocycles. The summed E-state index contributed by atoms with van der Waals surface area (Å²) in [7, 11) is 2.85. The SMILES string of the molecule is COc1cc(C2O[N+]([O-])=C3CCCC=C32)c([N+](=O)[O-])cc1OC. The highest BCUT2D eigenvalue weighted by Gasteiger charge is 2.39. The predicted octanol–water partition coefficient (Wildman–Crippen LogP) is 2.66. The topological polar surface area (TPSA) is 96.9 Å². The fraction of sp³-hybridized carbons (Fsp3) is 0.400. The third kappa shape index (κ3) is 2.45. The van der Waals surface area contributed by atoms with Crippen LogP contribution in [-0.2, 0) is 4.84 Å². The van der Waals surface area contributed by atoms with Crippen molar-refractivity contribution < 1.29 is 24.1 Å². The Hall–Kier alpha value is -2.77. The first-order chi connectivity index (χ1) is 11.1. The Morgan fingerprint density at radius 1 is 1.30 bits per heavy atom. The fourth-order valence-electron chi connectivity index (χ4n) is 2.94. The van der Waals surface area contributed by atoms with Crippen LogP contribution in [0.15, 0.2) is 23.8 Å². The van der Waals surface area contributed by atoms with Gasteiger partial charge in [-0.15, -0.1) is 0 Å². The van der Waals surface area contributed by atoms with E-state index < -0.39 is 11.0 Å². The van der Waals surface area contributed by atoms with E-state index in [0.29, 0.717) is 28.4 Å². The number of nitro benzene ring substituents is 1. The summed E-state index contributed by atoms with van der Waals surface area (Å²) >= 11 is 0. The van der Waals surface area contributed by atoms with Gasteiger partial charge in [0.2, 0.25) is 5.71 Å². The molecule has 0 fully saturated rings. The average molecular weight is 320 g/mol. The first-order valence-electron chi connectivity index (χ1n) is 7.17. The molecule has 1 aliphatic carbocycles. The molecule has 0 spiro atoms. The minimum Gasteiger partial charge on any atom is -0.493 e. The Morgan fingerprint density at radius 2 is 2.00 bits per heavy atom. The van der Waals surface area contributed by atoms with Gasteiger partial charge in [0.1, 0.15) is 6.10 Å². The Bertz CT molecular complexity index is 725. The second-order valence-electron chi connectivity index (χ2n) is 5.26. The number of nitro groups is 1. The fourth-order valence-corrected chi connectivity index (χ4v) is 2.94. The van der Waals surface area contributed by atoms with Crippen molar-refractivity contribution in [1.82, 2.24) is 0 Å². The molecule has 0 amide bonds. The van der Waals surface area contributed by atoms with E-state index in [1.54, 1.807) is 0 Å². The molecule has 0 bridgehead atoms. The lowest BCUT2D eigenvalue weighted by Crippen LogP contribution is -2.12. The van der Waals surface area contributed by atoms with Gasteiger partial charge in [0.15, 0.2) is 11.5 Å². The Morgan fingerprint density at radius 3 is 2.65 bits per heavy atom. The van der Waals surface area contributed by atoms with E-state index in [1.807, 2.05) is 6.08 Å². The number of methoxy groups -OCH3 is 2. The summed E-state index contributed by atoms with van der Waals surface area (Å²) in [4.78, 5) is 16.7. The first-order valence-corrected chi connectivity index (χ1v) is 7.17. The van der Waals surface area contributed by atoms with Crippen molar-refractivity contribution in [2.75, 3.05) is 14.2 Å². The molecule has 0 aromatic heterocycles. The second kappa shape index (κ2) is 5.79. The summed E-state index contributed by atoms with van der Waals surface area (Å²) in [5.74, 6) is 0.598. The zero-order valence-corrected chi connectivity index (χ0v) is 12.8. The molecule has 1 aromatic carbocycles. The van der Waals surface area contributed by atoms with Gasteiger partial charge in [-0.1, -0.05) is 6.08 Å². The Balaban J connectivity index is 2.13. The van der Waals surface area contributed by atoms with Crippen molar-refractivity contribution in [2.45, 2.75) is 25.4 Å². The van der Waals surface area contributed by atoms with Crippen LogP contribution in [0.25, 0.3) is 0 Å². The molecular weight excluding hydrogens is 304 g/mol. The quantitative estimate of drug-likeness (QED) is 0.480. The molecule has 1 atom stereocenters. The van der Waals surface area contributed by atoms with Crippen LogP contribution in [-0.4, -0.2) is 29.8 Å². The maximum absolute atomic E-state index is 11.9. The highest BCUT2D eigenvalue weighted by Crippen LogP contribution is 2.44. The lowest BCUT2D eigenvalue weighted by atomic mass is 9.90. The largest absolute Gasteiger partial charge is 0.493 e. The van der Waals surface area contributed by atoms with Crippen molar-refractivity contribution in [2.24, 2.45) is 0 Å². The number of hydrogen-bond donors (Lipinski definition) is 0. The molecule has 1 heterocycles. The lowest BCUT2D eigenvalue weighted by Gasteiger charge is -2.17. The van der Waals surface area contributed by atoms with Gasteiger partial charge in [0.25, 0.3) is 5.69 Å². The van der Waals surface area contributed by atoms with E-state index in [0.717, 1.165) is 12.8 Å². The molecule has 122 valence electrons. The summed E-state index contributed by atoms with van der Waals surface area (Å²) in [5.41, 5.74) is 1.33. The molecule has 0 radical (unpaired) electrons. The van der Waals surface area contributed by atoms with Crippen LogP contribution >= 0.6 is 0 Å². The predicted molar refractivity (Wildman–Crippen MR) is 80.6 cm³/mol. The van der Waals surface area contributed by atoms with Gasteiger partial charge in [-0.25, -0.2) is 0 Å². The first kappa shape index (κ1) is 15.1. The molecule has 8 heteroatoms. The minimum absolute atomic E-state index is 0.172. The summed E-state index contributed by atoms with van der Waals surface area (Å²) < 4.78 is 10.3. The number of hydrogen-bond acceptors (Lipinski definition) is 6. The number of nitrogens with zero attached hydrogens (tertiary/aromatic N) is 2. The Labute approximate surface area is 132 Å². The zero-order valence-electron chi connectivity index (χ0n) is 12.8. The molecular formula is C15H16N2O6. The number of allylic oxidation sites excluding steroid dienone is 1. The van der Waals surface area contributed by atoms with Gasteiger partial charge < -0.3 is 14.3 Å². The molecule has 0 N–H and O–H groups in total. The average Bonchev–Trinajstić information content (AvgIpc) is 2.90. The van der Waals surface area contributed by atoms with E-state index in [2.05, 4.69) is 0 Å². The van der Waals surface area contributed by atoms with Crippen LogP contribution in [0.3, 0.4) is 0 Å². The minimum atomic E-state index is -0.803. The zero-order chi connectivity index (χ0) is 16.6. The van der Waals surface area contributed by atoms with Crippen LogP contribution in [0.4, 0.5) is 5.69 Å². The van der Waals surface area contributed by atoms with Crippen LogP contribution < -0.4 is 9.47 Å². The summed E-state index contributed by atoms with van der Waals surface area (Å²) in [6.07, 6.45) is 3.38. The highest BCUT2D eigenvalue weighted by molar-refractivity contribution is 5.99. The summed E-state index contributed by atoms with van der Waals surface area (Å²) in [5, 5.41) is 23.4. The van der Waals surface area contributed by atoms with Crippen LogP contribution in [0, 0.1) is 15.3 Å². The number of fused-ring (bicyclic) bond motifs is 1. The van der Waals surface area contributed by atoms with Gasteiger partial charge in [-0.2, -0.15) is 0 Å². The molecule has 2 aliphatic rings. The van der Waals surface area contributed by atoms with Gasteiger partial charge in [0.05, 0.1) is 30.8 Å². The van der Waals surface area contributed by atoms with Gasteiger partial charge in [-0.3, -0.25) is 15.3 Å². The molecule has 1 unspecified atom stereocenters. The van der Waals surface area contributed by atoms with Crippen molar-refractivity contribution in [3.8, 4) is 11.5 Å². The van der Waals surface area contributed by atoms with E-state index in [4.69, 9.17) is 14.3 Å². The second-order valence-corrected chi connectivity index (χ2v) is 5.26. The summed E-state index contributed by atoms with van der Waals surface area (Å²) in [6, 6.07) is 2.78. The maximum Gasteiger partial charge on any atom is 0.278 e. The van der Waals surface area contributed by atoms with Crippen molar-refractivity contribution in [1.29, 1.82) is 0 Å². The standard InChI is InChI=1S/C15H16N2O6/c1-21-13-7-10(12(16(18)19)8-14(13)22-2)15-9-5-3-4-6-11(9)17(20)23-15/h5,7-8,15H,3-4,6H2,1-2H3. The van der Waals surface area contributed by atoms with E-state index in [9.17, 15) is 15.3 Å². The molecule has 0 saturated carbocycles. The monoisotopic (exact) mass is 320 g/mol. The molecule has 8 nitrogen and oxygen atoms in total. The third-order valence-electron chi connectivity index (χ3n) is 4.03.